The largest absolute Gasteiger partial charge is 0.493 e. The van der Waals surface area contributed by atoms with Gasteiger partial charge in [-0.15, -0.1) is 5.16 Å². The first-order valence-electron chi connectivity index (χ1n) is 26.0. The van der Waals surface area contributed by atoms with Gasteiger partial charge in [-0.3, -0.25) is 38.7 Å². The fourth-order valence-corrected chi connectivity index (χ4v) is 10.0. The van der Waals surface area contributed by atoms with Gasteiger partial charge >= 0.3 is 0 Å². The van der Waals surface area contributed by atoms with Crippen LogP contribution in [-0.2, 0) is 50.1 Å². The maximum absolute atomic E-state index is 14.1. The molecule has 0 fully saturated rings. The quantitative estimate of drug-likeness (QED) is 0.0258. The second kappa shape index (κ2) is 24.4. The van der Waals surface area contributed by atoms with E-state index in [0.29, 0.717) is 108 Å². The number of para-hydroxylation sites is 2. The summed E-state index contributed by atoms with van der Waals surface area (Å²) in [4.78, 5) is 93.2. The average Bonchev–Trinajstić information content (AvgIpc) is 3.99. The molecule has 0 saturated carbocycles. The topological polar surface area (TPSA) is 240 Å². The van der Waals surface area contributed by atoms with E-state index in [1.807, 2.05) is 59.5 Å². The van der Waals surface area contributed by atoms with Gasteiger partial charge in [-0.25, -0.2) is 0 Å². The summed E-state index contributed by atoms with van der Waals surface area (Å²) in [7, 11) is 3.00. The summed E-state index contributed by atoms with van der Waals surface area (Å²) in [5.74, 6) is -0.592. The van der Waals surface area contributed by atoms with E-state index in [4.69, 9.17) is 28.8 Å². The number of ether oxygens (including phenoxy) is 4. The van der Waals surface area contributed by atoms with Crippen LogP contribution in [0.1, 0.15) is 88.9 Å². The number of methoxy groups -OCH3 is 2. The molecule has 4 heterocycles. The Labute approximate surface area is 451 Å². The first-order chi connectivity index (χ1) is 37.8. The van der Waals surface area contributed by atoms with Crippen LogP contribution in [0.2, 0.25) is 0 Å². The average molecular weight is 1060 g/mol. The van der Waals surface area contributed by atoms with Crippen molar-refractivity contribution in [1.29, 1.82) is 0 Å². The first-order valence-corrected chi connectivity index (χ1v) is 26.0. The summed E-state index contributed by atoms with van der Waals surface area (Å²) in [5, 5.41) is 17.8. The minimum absolute atomic E-state index is 0.0111. The number of rotatable bonds is 23. The molecular formula is C58H63N9O11. The molecular weight excluding hydrogens is 999 g/mol. The molecule has 0 spiro atoms. The fraction of sp³-hybridized carbons (Fsp3) is 0.345. The lowest BCUT2D eigenvalue weighted by Crippen LogP contribution is -2.50. The van der Waals surface area contributed by atoms with Crippen LogP contribution >= 0.6 is 0 Å². The number of carbonyl (C=O) groups is 6. The molecule has 5 N–H and O–H groups in total. The molecule has 0 aliphatic carbocycles. The zero-order chi connectivity index (χ0) is 54.9. The van der Waals surface area contributed by atoms with Gasteiger partial charge < -0.3 is 55.3 Å². The van der Waals surface area contributed by atoms with Crippen molar-refractivity contribution in [2.45, 2.75) is 96.2 Å². The van der Waals surface area contributed by atoms with Crippen LogP contribution in [0.25, 0.3) is 0 Å². The van der Waals surface area contributed by atoms with E-state index in [2.05, 4.69) is 38.5 Å². The van der Waals surface area contributed by atoms with Crippen LogP contribution in [0.3, 0.4) is 0 Å². The Morgan fingerprint density at radius 3 is 2.03 bits per heavy atom. The molecule has 0 bridgehead atoms. The number of hydrogen-bond donors (Lipinski definition) is 5. The number of anilines is 4. The number of nitrogens with one attached hydrogen (secondary N) is 5. The van der Waals surface area contributed by atoms with Crippen LogP contribution < -0.4 is 55.3 Å². The van der Waals surface area contributed by atoms with E-state index < -0.39 is 23.9 Å². The lowest BCUT2D eigenvalue weighted by Gasteiger charge is -2.22. The van der Waals surface area contributed by atoms with Crippen molar-refractivity contribution >= 4 is 76.8 Å². The smallest absolute Gasteiger partial charge is 0.261 e. The standard InChI is InChI=1S/C58H63N9O11/c1-34(63-54(69)18-11-10-17-53(68)60-19-12-20-78-59-3)55(70)64-35(2)56(71)65-40-22-36(32-76-51-28-45-43(26-49(51)74-4)57(72)66-41(30-61-45)24-38-13-6-8-15-47(38)66)21-37(23-40)33-77-52-29-46-44(27-50(52)75-5)58(73)67-42(31-62-46)25-39-14-7-9-16-48(39)67/h6-9,13-16,21-23,26-30,34-35,41-42,62H,3,10-12,17-20,24-25,31-33H2,1-2,4-5H3,(H,60,68)(H,63,69)(H,64,70)(H,65,71)/t34-,35-,41-,42-/m0/s1. The molecule has 5 aromatic rings. The van der Waals surface area contributed by atoms with E-state index in [9.17, 15) is 28.8 Å². The maximum atomic E-state index is 14.1. The molecule has 5 aromatic carbocycles. The van der Waals surface area contributed by atoms with Crippen molar-refractivity contribution in [3.63, 3.8) is 0 Å². The van der Waals surface area contributed by atoms with Gasteiger partial charge in [-0.2, -0.15) is 0 Å². The highest BCUT2D eigenvalue weighted by Gasteiger charge is 2.39. The Kier molecular flexibility index (Phi) is 16.8. The fourth-order valence-electron chi connectivity index (χ4n) is 10.0. The SMILES string of the molecule is C=NOCCCNC(=O)CCCCC(=O)N[C@@H](C)C(=O)N[C@@H](C)C(=O)Nc1cc(COc2cc3c(cc2OC)C(=O)N2c4ccccc4C[C@H]2C=N3)cc(COc2cc3c(cc2OC)C(=O)N2c4ccccc4C[C@H]2CN3)c1. The minimum atomic E-state index is -1.03. The summed E-state index contributed by atoms with van der Waals surface area (Å²) in [6, 6.07) is 25.5. The van der Waals surface area contributed by atoms with Gasteiger partial charge in [0.25, 0.3) is 11.8 Å². The normalized spacial score (nSPS) is 16.2. The number of benzene rings is 5. The van der Waals surface area contributed by atoms with E-state index >= 15 is 0 Å². The number of aliphatic imine (C=N–C) groups is 1. The zero-order valence-corrected chi connectivity index (χ0v) is 44.0. The highest BCUT2D eigenvalue weighted by Crippen LogP contribution is 2.43. The third kappa shape index (κ3) is 12.2. The van der Waals surface area contributed by atoms with Crippen molar-refractivity contribution in [3.8, 4) is 23.0 Å². The number of oxime groups is 1. The lowest BCUT2D eigenvalue weighted by atomic mass is 10.1. The molecule has 0 saturated heterocycles. The number of unbranched alkanes of at least 4 members (excludes halogenated alkanes) is 1. The minimum Gasteiger partial charge on any atom is -0.493 e. The predicted molar refractivity (Wildman–Crippen MR) is 295 cm³/mol. The first kappa shape index (κ1) is 53.9. The highest BCUT2D eigenvalue weighted by atomic mass is 16.6. The Morgan fingerprint density at radius 2 is 1.33 bits per heavy atom. The molecule has 78 heavy (non-hydrogen) atoms. The molecule has 9 rings (SSSR count). The van der Waals surface area contributed by atoms with Crippen LogP contribution in [0.15, 0.2) is 101 Å². The molecule has 20 heteroatoms. The summed E-state index contributed by atoms with van der Waals surface area (Å²) < 4.78 is 24.4. The zero-order valence-electron chi connectivity index (χ0n) is 44.0. The van der Waals surface area contributed by atoms with Gasteiger partial charge in [0.05, 0.1) is 48.8 Å². The van der Waals surface area contributed by atoms with Gasteiger partial charge in [-0.05, 0) is 97.8 Å². The molecule has 4 aliphatic rings. The Hall–Kier alpha value is -8.94. The molecule has 20 nitrogen and oxygen atoms in total. The number of carbonyl (C=O) groups excluding carboxylic acids is 6. The summed E-state index contributed by atoms with van der Waals surface area (Å²) in [6.45, 7) is 7.56. The number of nitrogens with zero attached hydrogens (tertiary/aromatic N) is 4. The molecule has 4 aliphatic heterocycles. The van der Waals surface area contributed by atoms with Gasteiger partial charge in [0.2, 0.25) is 23.6 Å². The van der Waals surface area contributed by atoms with Crippen molar-refractivity contribution in [2.24, 2.45) is 10.1 Å². The second-order valence-corrected chi connectivity index (χ2v) is 19.5. The van der Waals surface area contributed by atoms with Crippen molar-refractivity contribution < 1.29 is 52.6 Å². The van der Waals surface area contributed by atoms with Gasteiger partial charge in [-0.1, -0.05) is 36.4 Å². The van der Waals surface area contributed by atoms with Crippen molar-refractivity contribution in [2.75, 3.05) is 54.3 Å². The van der Waals surface area contributed by atoms with Crippen LogP contribution in [0, 0.1) is 0 Å². The van der Waals surface area contributed by atoms with Gasteiger partial charge in [0, 0.05) is 80.9 Å². The third-order valence-corrected chi connectivity index (χ3v) is 14.0. The van der Waals surface area contributed by atoms with Gasteiger partial charge in [0.1, 0.15) is 31.9 Å². The monoisotopic (exact) mass is 1060 g/mol. The second-order valence-electron chi connectivity index (χ2n) is 19.5. The maximum Gasteiger partial charge on any atom is 0.261 e. The summed E-state index contributed by atoms with van der Waals surface area (Å²) >= 11 is 0. The van der Waals surface area contributed by atoms with E-state index in [-0.39, 0.29) is 61.8 Å². The molecule has 0 aromatic heterocycles. The van der Waals surface area contributed by atoms with Crippen molar-refractivity contribution in [3.05, 3.63) is 124 Å². The Balaban J connectivity index is 0.886. The molecule has 4 atom stereocenters. The van der Waals surface area contributed by atoms with Crippen LogP contribution in [0.5, 0.6) is 23.0 Å². The van der Waals surface area contributed by atoms with Crippen molar-refractivity contribution in [1.82, 2.24) is 16.0 Å². The van der Waals surface area contributed by atoms with E-state index in [0.717, 1.165) is 28.9 Å². The Bertz CT molecular complexity index is 3160. The molecule has 0 radical (unpaired) electrons. The lowest BCUT2D eigenvalue weighted by molar-refractivity contribution is -0.130. The highest BCUT2D eigenvalue weighted by molar-refractivity contribution is 6.15. The van der Waals surface area contributed by atoms with Gasteiger partial charge in [0.15, 0.2) is 23.0 Å². The Morgan fingerprint density at radius 1 is 0.718 bits per heavy atom. The number of fused-ring (bicyclic) bond motifs is 8. The van der Waals surface area contributed by atoms with Crippen LogP contribution in [-0.4, -0.2) is 106 Å². The van der Waals surface area contributed by atoms with E-state index in [1.54, 1.807) is 47.5 Å². The van der Waals surface area contributed by atoms with Crippen LogP contribution in [0.4, 0.5) is 28.4 Å². The molecule has 406 valence electrons. The predicted octanol–water partition coefficient (Wildman–Crippen LogP) is 6.79. The molecule has 6 amide bonds. The molecule has 0 unspecified atom stereocenters. The summed E-state index contributed by atoms with van der Waals surface area (Å²) in [6.07, 6.45) is 5.02. The summed E-state index contributed by atoms with van der Waals surface area (Å²) in [5.41, 5.74) is 7.36. The third-order valence-electron chi connectivity index (χ3n) is 14.0. The number of amides is 6. The number of hydrogen-bond acceptors (Lipinski definition) is 14. The van der Waals surface area contributed by atoms with E-state index in [1.165, 1.54) is 28.1 Å².